The Kier molecular flexibility index (Phi) is 5.32. The summed E-state index contributed by atoms with van der Waals surface area (Å²) >= 11 is 0.805. The van der Waals surface area contributed by atoms with Gasteiger partial charge in [-0.25, -0.2) is 9.61 Å². The summed E-state index contributed by atoms with van der Waals surface area (Å²) < 4.78 is 48.8. The van der Waals surface area contributed by atoms with Gasteiger partial charge in [-0.3, -0.25) is 4.90 Å². The van der Waals surface area contributed by atoms with Crippen LogP contribution < -0.4 is 4.90 Å². The van der Waals surface area contributed by atoms with Crippen LogP contribution in [0, 0.1) is 5.92 Å². The Hall–Kier alpha value is -2.28. The van der Waals surface area contributed by atoms with E-state index in [0.29, 0.717) is 27.5 Å². The van der Waals surface area contributed by atoms with Gasteiger partial charge in [0.2, 0.25) is 0 Å². The first-order chi connectivity index (χ1) is 14.9. The van der Waals surface area contributed by atoms with Crippen molar-refractivity contribution >= 4 is 28.1 Å². The van der Waals surface area contributed by atoms with Gasteiger partial charge in [0.05, 0.1) is 23.8 Å². The van der Waals surface area contributed by atoms with Crippen LogP contribution in [0.1, 0.15) is 11.0 Å². The van der Waals surface area contributed by atoms with E-state index >= 15 is 0 Å². The molecular weight excluding hydrogens is 435 g/mol. The third kappa shape index (κ3) is 4.12. The second-order valence-electron chi connectivity index (χ2n) is 7.82. The van der Waals surface area contributed by atoms with E-state index in [2.05, 4.69) is 25.1 Å². The molecule has 0 saturated carbocycles. The molecule has 166 valence electrons. The number of hydrogen-bond acceptors (Lipinski definition) is 9. The van der Waals surface area contributed by atoms with E-state index < -0.39 is 12.3 Å². The number of thiazole rings is 1. The maximum absolute atomic E-state index is 12.8. The molecule has 0 amide bonds. The SMILES string of the molecule is OC(c1cnc(-c2cc(N3CC(CN4CCOCC4)C3)c3nonc3c2)s1)C(F)(F)F. The first kappa shape index (κ1) is 20.6. The zero-order valence-corrected chi connectivity index (χ0v) is 17.2. The number of morpholine rings is 1. The van der Waals surface area contributed by atoms with Crippen molar-refractivity contribution in [2.24, 2.45) is 5.92 Å². The molecule has 1 atom stereocenters. The number of nitrogens with zero attached hydrogens (tertiary/aromatic N) is 5. The van der Waals surface area contributed by atoms with Gasteiger partial charge in [-0.15, -0.1) is 11.3 Å². The molecule has 5 rings (SSSR count). The van der Waals surface area contributed by atoms with Crippen LogP contribution in [0.2, 0.25) is 0 Å². The predicted molar refractivity (Wildman–Crippen MR) is 107 cm³/mol. The molecule has 0 aliphatic carbocycles. The molecule has 3 aromatic rings. The van der Waals surface area contributed by atoms with Crippen molar-refractivity contribution in [2.75, 3.05) is 50.8 Å². The number of rotatable bonds is 5. The van der Waals surface area contributed by atoms with Gasteiger partial charge in [0.25, 0.3) is 0 Å². The van der Waals surface area contributed by atoms with E-state index in [0.717, 1.165) is 69.2 Å². The standard InChI is InChI=1S/C19H20F3N5O3S/c20-19(21,22)17(28)15-7-23-18(31-15)12-5-13-16(25-30-24-13)14(6-12)27-9-11(10-27)8-26-1-3-29-4-2-26/h5-7,11,17,28H,1-4,8-10H2. The second kappa shape index (κ2) is 8.01. The summed E-state index contributed by atoms with van der Waals surface area (Å²) in [5.41, 5.74) is 2.55. The second-order valence-corrected chi connectivity index (χ2v) is 8.89. The van der Waals surface area contributed by atoms with Crippen molar-refractivity contribution < 1.29 is 27.6 Å². The zero-order chi connectivity index (χ0) is 21.6. The first-order valence-corrected chi connectivity index (χ1v) is 10.7. The molecule has 0 spiro atoms. The molecule has 2 fully saturated rings. The molecule has 12 heteroatoms. The van der Waals surface area contributed by atoms with E-state index in [-0.39, 0.29) is 4.88 Å². The number of fused-ring (bicyclic) bond motifs is 1. The average molecular weight is 455 g/mol. The summed E-state index contributed by atoms with van der Waals surface area (Å²) in [7, 11) is 0. The van der Waals surface area contributed by atoms with Crippen LogP contribution in [0.3, 0.4) is 0 Å². The van der Waals surface area contributed by atoms with Gasteiger partial charge < -0.3 is 14.7 Å². The first-order valence-electron chi connectivity index (χ1n) is 9.91. The summed E-state index contributed by atoms with van der Waals surface area (Å²) in [6, 6.07) is 3.53. The van der Waals surface area contributed by atoms with Crippen molar-refractivity contribution in [1.82, 2.24) is 20.2 Å². The Morgan fingerprint density at radius 3 is 2.71 bits per heavy atom. The van der Waals surface area contributed by atoms with E-state index in [9.17, 15) is 18.3 Å². The number of benzene rings is 1. The minimum atomic E-state index is -4.73. The van der Waals surface area contributed by atoms with Crippen LogP contribution in [0.15, 0.2) is 23.0 Å². The Balaban J connectivity index is 1.36. The number of ether oxygens (including phenoxy) is 1. The van der Waals surface area contributed by atoms with Crippen molar-refractivity contribution in [3.63, 3.8) is 0 Å². The smallest absolute Gasteiger partial charge is 0.379 e. The number of alkyl halides is 3. The Morgan fingerprint density at radius 2 is 1.97 bits per heavy atom. The van der Waals surface area contributed by atoms with Crippen molar-refractivity contribution in [1.29, 1.82) is 0 Å². The van der Waals surface area contributed by atoms with Crippen LogP contribution in [0.4, 0.5) is 18.9 Å². The van der Waals surface area contributed by atoms with Gasteiger partial charge in [-0.1, -0.05) is 0 Å². The Bertz CT molecular complexity index is 1060. The zero-order valence-electron chi connectivity index (χ0n) is 16.4. The fourth-order valence-corrected chi connectivity index (χ4v) is 4.89. The Labute approximate surface area is 179 Å². The van der Waals surface area contributed by atoms with E-state index in [1.54, 1.807) is 6.07 Å². The topological polar surface area (TPSA) is 87.8 Å². The maximum Gasteiger partial charge on any atom is 0.419 e. The van der Waals surface area contributed by atoms with Crippen LogP contribution in [0.5, 0.6) is 0 Å². The summed E-state index contributed by atoms with van der Waals surface area (Å²) in [5.74, 6) is 0.519. The fourth-order valence-electron chi connectivity index (χ4n) is 3.98. The van der Waals surface area contributed by atoms with Gasteiger partial charge in [0, 0.05) is 50.4 Å². The molecule has 2 aliphatic rings. The summed E-state index contributed by atoms with van der Waals surface area (Å²) in [6.07, 6.45) is -6.22. The third-order valence-corrected chi connectivity index (χ3v) is 6.71. The summed E-state index contributed by atoms with van der Waals surface area (Å²) in [4.78, 5) is 8.41. The minimum Gasteiger partial charge on any atom is -0.379 e. The summed E-state index contributed by atoms with van der Waals surface area (Å²) in [6.45, 7) is 6.12. The number of aromatic nitrogens is 3. The van der Waals surface area contributed by atoms with Crippen molar-refractivity contribution in [3.05, 3.63) is 23.2 Å². The lowest BCUT2D eigenvalue weighted by molar-refractivity contribution is -0.205. The molecule has 31 heavy (non-hydrogen) atoms. The monoisotopic (exact) mass is 455 g/mol. The molecule has 4 heterocycles. The van der Waals surface area contributed by atoms with Crippen LogP contribution >= 0.6 is 11.3 Å². The van der Waals surface area contributed by atoms with Crippen molar-refractivity contribution in [3.8, 4) is 10.6 Å². The fraction of sp³-hybridized carbons (Fsp3) is 0.526. The number of aliphatic hydroxyl groups is 1. The highest BCUT2D eigenvalue weighted by Crippen LogP contribution is 2.40. The molecule has 2 aromatic heterocycles. The number of hydrogen-bond donors (Lipinski definition) is 1. The highest BCUT2D eigenvalue weighted by atomic mass is 32.1. The lowest BCUT2D eigenvalue weighted by Crippen LogP contribution is -2.53. The number of anilines is 1. The lowest BCUT2D eigenvalue weighted by Gasteiger charge is -2.43. The average Bonchev–Trinajstić information content (AvgIpc) is 3.38. The van der Waals surface area contributed by atoms with Crippen LogP contribution in [0.25, 0.3) is 21.6 Å². The van der Waals surface area contributed by atoms with Gasteiger partial charge in [0.1, 0.15) is 10.5 Å². The largest absolute Gasteiger partial charge is 0.419 e. The van der Waals surface area contributed by atoms with Gasteiger partial charge in [0.15, 0.2) is 11.6 Å². The molecular formula is C19H20F3N5O3S. The van der Waals surface area contributed by atoms with Gasteiger partial charge >= 0.3 is 6.18 Å². The van der Waals surface area contributed by atoms with Crippen LogP contribution in [-0.2, 0) is 4.74 Å². The normalized spacial score (nSPS) is 19.7. The highest BCUT2D eigenvalue weighted by Gasteiger charge is 2.40. The molecule has 1 unspecified atom stereocenters. The molecule has 2 aliphatic heterocycles. The molecule has 1 aromatic carbocycles. The van der Waals surface area contributed by atoms with E-state index in [4.69, 9.17) is 9.37 Å². The third-order valence-electron chi connectivity index (χ3n) is 5.61. The highest BCUT2D eigenvalue weighted by molar-refractivity contribution is 7.15. The molecule has 8 nitrogen and oxygen atoms in total. The number of halogens is 3. The molecule has 0 bridgehead atoms. The van der Waals surface area contributed by atoms with Crippen molar-refractivity contribution in [2.45, 2.75) is 12.3 Å². The molecule has 1 N–H and O–H groups in total. The van der Waals surface area contributed by atoms with E-state index in [1.165, 1.54) is 0 Å². The minimum absolute atomic E-state index is 0.253. The number of aliphatic hydroxyl groups excluding tert-OH is 1. The van der Waals surface area contributed by atoms with Gasteiger partial charge in [-0.2, -0.15) is 13.2 Å². The lowest BCUT2D eigenvalue weighted by atomic mass is 9.97. The predicted octanol–water partition coefficient (Wildman–Crippen LogP) is 2.71. The van der Waals surface area contributed by atoms with E-state index in [1.807, 2.05) is 6.07 Å². The summed E-state index contributed by atoms with van der Waals surface area (Å²) in [5, 5.41) is 17.8. The Morgan fingerprint density at radius 1 is 1.19 bits per heavy atom. The maximum atomic E-state index is 12.8. The van der Waals surface area contributed by atoms with Crippen LogP contribution in [-0.4, -0.2) is 77.4 Å². The quantitative estimate of drug-likeness (QED) is 0.629. The molecule has 0 radical (unpaired) electrons. The molecule has 2 saturated heterocycles. The van der Waals surface area contributed by atoms with Gasteiger partial charge in [-0.05, 0) is 22.4 Å².